The van der Waals surface area contributed by atoms with E-state index in [4.69, 9.17) is 4.74 Å². The quantitative estimate of drug-likeness (QED) is 0.453. The second kappa shape index (κ2) is 8.64. The number of hydrogen-bond donors (Lipinski definition) is 1. The Hall–Kier alpha value is -1.93. The van der Waals surface area contributed by atoms with Crippen molar-refractivity contribution in [3.05, 3.63) is 33.5 Å². The van der Waals surface area contributed by atoms with Gasteiger partial charge in [0.25, 0.3) is 0 Å². The highest BCUT2D eigenvalue weighted by Crippen LogP contribution is 2.33. The highest BCUT2D eigenvalue weighted by atomic mass is 32.2. The van der Waals surface area contributed by atoms with Crippen molar-refractivity contribution in [3.8, 4) is 0 Å². The van der Waals surface area contributed by atoms with E-state index in [1.165, 1.54) is 23.1 Å². The third-order valence-corrected chi connectivity index (χ3v) is 5.80. The summed E-state index contributed by atoms with van der Waals surface area (Å²) in [5.41, 5.74) is 2.99. The van der Waals surface area contributed by atoms with Gasteiger partial charge in [0, 0.05) is 16.3 Å². The molecule has 0 saturated carbocycles. The lowest BCUT2D eigenvalue weighted by Crippen LogP contribution is -2.23. The summed E-state index contributed by atoms with van der Waals surface area (Å²) in [5.74, 6) is -0.618. The van der Waals surface area contributed by atoms with Crippen molar-refractivity contribution in [2.45, 2.75) is 51.9 Å². The molecule has 140 valence electrons. The largest absolute Gasteiger partial charge is 0.462 e. The molecule has 26 heavy (non-hydrogen) atoms. The van der Waals surface area contributed by atoms with Crippen LogP contribution in [-0.2, 0) is 9.53 Å². The number of ether oxygens (including phenoxy) is 1. The number of rotatable bonds is 6. The Balaban J connectivity index is 2.16. The molecule has 8 heteroatoms. The SMILES string of the molecule is CCOC(=O)c1c(NC(=O)C(C)Sc2nc(C)cc(C)n2)sc(C)c1C. The van der Waals surface area contributed by atoms with Crippen LogP contribution in [0.4, 0.5) is 5.00 Å². The minimum atomic E-state index is -0.414. The van der Waals surface area contributed by atoms with Crippen LogP contribution in [0.15, 0.2) is 11.2 Å². The molecule has 1 amide bonds. The van der Waals surface area contributed by atoms with E-state index in [1.54, 1.807) is 13.8 Å². The summed E-state index contributed by atoms with van der Waals surface area (Å²) in [6.45, 7) is 11.4. The minimum absolute atomic E-state index is 0.204. The Morgan fingerprint density at radius 2 is 1.85 bits per heavy atom. The molecular formula is C18H23N3O3S2. The molecule has 0 aromatic carbocycles. The van der Waals surface area contributed by atoms with Gasteiger partial charge >= 0.3 is 5.97 Å². The van der Waals surface area contributed by atoms with Gasteiger partial charge in [-0.1, -0.05) is 11.8 Å². The van der Waals surface area contributed by atoms with Gasteiger partial charge in [-0.15, -0.1) is 11.3 Å². The molecule has 0 fully saturated rings. The Kier molecular flexibility index (Phi) is 6.77. The summed E-state index contributed by atoms with van der Waals surface area (Å²) in [4.78, 5) is 34.5. The predicted octanol–water partition coefficient (Wildman–Crippen LogP) is 4.07. The zero-order chi connectivity index (χ0) is 19.4. The maximum atomic E-state index is 12.6. The van der Waals surface area contributed by atoms with Crippen LogP contribution in [0.1, 0.15) is 46.0 Å². The number of nitrogens with one attached hydrogen (secondary N) is 1. The van der Waals surface area contributed by atoms with Crippen LogP contribution in [-0.4, -0.2) is 33.7 Å². The van der Waals surface area contributed by atoms with E-state index in [-0.39, 0.29) is 12.5 Å². The maximum Gasteiger partial charge on any atom is 0.341 e. The lowest BCUT2D eigenvalue weighted by Gasteiger charge is -2.12. The molecule has 2 rings (SSSR count). The van der Waals surface area contributed by atoms with Crippen molar-refractivity contribution < 1.29 is 14.3 Å². The second-order valence-corrected chi connectivity index (χ2v) is 8.42. The van der Waals surface area contributed by atoms with E-state index in [1.807, 2.05) is 33.8 Å². The number of nitrogens with zero attached hydrogens (tertiary/aromatic N) is 2. The fraction of sp³-hybridized carbons (Fsp3) is 0.444. The Morgan fingerprint density at radius 3 is 2.42 bits per heavy atom. The van der Waals surface area contributed by atoms with Gasteiger partial charge in [0.1, 0.15) is 5.00 Å². The summed E-state index contributed by atoms with van der Waals surface area (Å²) in [6.07, 6.45) is 0. The standard InChI is InChI=1S/C18H23N3O3S2/c1-7-24-17(23)14-11(4)12(5)25-16(14)21-15(22)13(6)26-18-19-9(2)8-10(3)20-18/h8,13H,7H2,1-6H3,(H,21,22). The van der Waals surface area contributed by atoms with Crippen molar-refractivity contribution in [1.82, 2.24) is 9.97 Å². The summed E-state index contributed by atoms with van der Waals surface area (Å²) in [7, 11) is 0. The maximum absolute atomic E-state index is 12.6. The number of amides is 1. The number of carbonyl (C=O) groups excluding carboxylic acids is 2. The van der Waals surface area contributed by atoms with E-state index in [9.17, 15) is 9.59 Å². The first-order chi connectivity index (χ1) is 12.2. The topological polar surface area (TPSA) is 81.2 Å². The smallest absolute Gasteiger partial charge is 0.341 e. The van der Waals surface area contributed by atoms with Gasteiger partial charge in [-0.3, -0.25) is 4.79 Å². The molecule has 6 nitrogen and oxygen atoms in total. The van der Waals surface area contributed by atoms with E-state index < -0.39 is 11.2 Å². The van der Waals surface area contributed by atoms with Crippen LogP contribution < -0.4 is 5.32 Å². The summed E-state index contributed by atoms with van der Waals surface area (Å²) in [5, 5.41) is 3.54. The van der Waals surface area contributed by atoms with Gasteiger partial charge in [-0.25, -0.2) is 14.8 Å². The molecule has 0 bridgehead atoms. The molecule has 0 aliphatic rings. The zero-order valence-corrected chi connectivity index (χ0v) is 17.4. The number of thiophene rings is 1. The van der Waals surface area contributed by atoms with Crippen molar-refractivity contribution in [1.29, 1.82) is 0 Å². The fourth-order valence-electron chi connectivity index (χ4n) is 2.34. The minimum Gasteiger partial charge on any atom is -0.462 e. The third-order valence-electron chi connectivity index (χ3n) is 3.71. The van der Waals surface area contributed by atoms with Crippen molar-refractivity contribution in [3.63, 3.8) is 0 Å². The number of esters is 1. The number of hydrogen-bond acceptors (Lipinski definition) is 7. The molecular weight excluding hydrogens is 370 g/mol. The van der Waals surface area contributed by atoms with Crippen molar-refractivity contribution >= 4 is 40.0 Å². The Labute approximate surface area is 161 Å². The average Bonchev–Trinajstić information content (AvgIpc) is 2.80. The number of carbonyl (C=O) groups is 2. The van der Waals surface area contributed by atoms with Crippen LogP contribution in [0.2, 0.25) is 0 Å². The average molecular weight is 394 g/mol. The highest BCUT2D eigenvalue weighted by Gasteiger charge is 2.24. The molecule has 1 atom stereocenters. The van der Waals surface area contributed by atoms with Gasteiger partial charge in [0.2, 0.25) is 5.91 Å². The van der Waals surface area contributed by atoms with E-state index in [2.05, 4.69) is 15.3 Å². The third kappa shape index (κ3) is 4.82. The molecule has 1 unspecified atom stereocenters. The van der Waals surface area contributed by atoms with Gasteiger partial charge < -0.3 is 10.1 Å². The Morgan fingerprint density at radius 1 is 1.23 bits per heavy atom. The molecule has 0 aliphatic carbocycles. The molecule has 1 N–H and O–H groups in total. The van der Waals surface area contributed by atoms with Crippen LogP contribution in [0, 0.1) is 27.7 Å². The lowest BCUT2D eigenvalue weighted by atomic mass is 10.1. The van der Waals surface area contributed by atoms with Crippen molar-refractivity contribution in [2.75, 3.05) is 11.9 Å². The van der Waals surface area contributed by atoms with Gasteiger partial charge in [-0.05, 0) is 53.2 Å². The number of thioether (sulfide) groups is 1. The zero-order valence-electron chi connectivity index (χ0n) is 15.8. The van der Waals surface area contributed by atoms with E-state index in [0.717, 1.165) is 21.8 Å². The first kappa shape index (κ1) is 20.4. The first-order valence-corrected chi connectivity index (χ1v) is 9.99. The highest BCUT2D eigenvalue weighted by molar-refractivity contribution is 8.00. The van der Waals surface area contributed by atoms with Gasteiger partial charge in [-0.2, -0.15) is 0 Å². The van der Waals surface area contributed by atoms with Crippen LogP contribution in [0.3, 0.4) is 0 Å². The van der Waals surface area contributed by atoms with E-state index >= 15 is 0 Å². The molecule has 0 radical (unpaired) electrons. The second-order valence-electron chi connectivity index (χ2n) is 5.89. The summed E-state index contributed by atoms with van der Waals surface area (Å²) < 4.78 is 5.12. The number of aryl methyl sites for hydroxylation is 3. The molecule has 2 heterocycles. The lowest BCUT2D eigenvalue weighted by molar-refractivity contribution is -0.115. The first-order valence-electron chi connectivity index (χ1n) is 8.29. The van der Waals surface area contributed by atoms with Crippen LogP contribution >= 0.6 is 23.1 Å². The molecule has 0 aliphatic heterocycles. The monoisotopic (exact) mass is 393 g/mol. The van der Waals surface area contributed by atoms with Gasteiger partial charge in [0.15, 0.2) is 5.16 Å². The number of aromatic nitrogens is 2. The fourth-order valence-corrected chi connectivity index (χ4v) is 4.26. The van der Waals surface area contributed by atoms with Crippen LogP contribution in [0.5, 0.6) is 0 Å². The normalized spacial score (nSPS) is 11.9. The Bertz CT molecular complexity index is 813. The van der Waals surface area contributed by atoms with Crippen molar-refractivity contribution in [2.24, 2.45) is 0 Å². The van der Waals surface area contributed by atoms with E-state index in [0.29, 0.717) is 15.7 Å². The van der Waals surface area contributed by atoms with Gasteiger partial charge in [0.05, 0.1) is 17.4 Å². The predicted molar refractivity (Wildman–Crippen MR) is 105 cm³/mol. The number of anilines is 1. The molecule has 0 saturated heterocycles. The van der Waals surface area contributed by atoms with Crippen LogP contribution in [0.25, 0.3) is 0 Å². The summed E-state index contributed by atoms with van der Waals surface area (Å²) >= 11 is 2.67. The summed E-state index contributed by atoms with van der Waals surface area (Å²) in [6, 6.07) is 1.89. The molecule has 0 spiro atoms. The molecule has 2 aromatic heterocycles. The molecule has 2 aromatic rings.